The number of thioether (sulfide) groups is 1. The third kappa shape index (κ3) is 5.07. The van der Waals surface area contributed by atoms with Crippen LogP contribution in [0, 0.1) is 0 Å². The van der Waals surface area contributed by atoms with E-state index in [9.17, 15) is 14.7 Å². The van der Waals surface area contributed by atoms with Crippen LogP contribution < -0.4 is 14.8 Å². The molecule has 2 aromatic rings. The molecule has 31 heavy (non-hydrogen) atoms. The van der Waals surface area contributed by atoms with Crippen LogP contribution in [0.4, 0.5) is 4.79 Å². The molecule has 0 aliphatic carbocycles. The van der Waals surface area contributed by atoms with Crippen LogP contribution in [-0.2, 0) is 11.2 Å². The van der Waals surface area contributed by atoms with Gasteiger partial charge in [0, 0.05) is 6.54 Å². The maximum Gasteiger partial charge on any atom is 0.326 e. The fourth-order valence-electron chi connectivity index (χ4n) is 3.88. The maximum absolute atomic E-state index is 13.2. The van der Waals surface area contributed by atoms with Crippen molar-refractivity contribution in [3.63, 3.8) is 0 Å². The van der Waals surface area contributed by atoms with E-state index in [-0.39, 0.29) is 12.1 Å². The minimum absolute atomic E-state index is 0.361. The number of hydrogen-bond donors (Lipinski definition) is 2. The Hall–Kier alpha value is -2.87. The molecule has 0 fully saturated rings. The summed E-state index contributed by atoms with van der Waals surface area (Å²) in [5.74, 6) is 0.864. The molecule has 0 aromatic heterocycles. The van der Waals surface area contributed by atoms with Crippen molar-refractivity contribution < 1.29 is 24.2 Å². The second kappa shape index (κ2) is 10.4. The first-order valence-electron chi connectivity index (χ1n) is 10.1. The molecule has 1 aliphatic rings. The van der Waals surface area contributed by atoms with E-state index in [1.807, 2.05) is 48.7 Å². The number of nitrogens with zero attached hydrogens (tertiary/aromatic N) is 1. The lowest BCUT2D eigenvalue weighted by Crippen LogP contribution is -2.51. The molecule has 0 radical (unpaired) electrons. The van der Waals surface area contributed by atoms with Gasteiger partial charge in [0.2, 0.25) is 0 Å². The lowest BCUT2D eigenvalue weighted by Gasteiger charge is -2.38. The van der Waals surface area contributed by atoms with E-state index >= 15 is 0 Å². The number of fused-ring (bicyclic) bond motifs is 1. The smallest absolute Gasteiger partial charge is 0.326 e. The Kier molecular flexibility index (Phi) is 7.68. The van der Waals surface area contributed by atoms with Crippen molar-refractivity contribution in [3.05, 3.63) is 59.2 Å². The zero-order valence-electron chi connectivity index (χ0n) is 18.0. The van der Waals surface area contributed by atoms with Gasteiger partial charge in [-0.15, -0.1) is 0 Å². The van der Waals surface area contributed by atoms with Gasteiger partial charge in [-0.25, -0.2) is 9.59 Å². The predicted octanol–water partition coefficient (Wildman–Crippen LogP) is 3.57. The monoisotopic (exact) mass is 444 g/mol. The molecule has 166 valence electrons. The Bertz CT molecular complexity index is 922. The highest BCUT2D eigenvalue weighted by atomic mass is 32.2. The maximum atomic E-state index is 13.2. The van der Waals surface area contributed by atoms with Crippen molar-refractivity contribution in [2.45, 2.75) is 24.9 Å². The molecule has 8 heteroatoms. The van der Waals surface area contributed by atoms with Crippen molar-refractivity contribution >= 4 is 23.8 Å². The first-order chi connectivity index (χ1) is 15.0. The largest absolute Gasteiger partial charge is 0.493 e. The van der Waals surface area contributed by atoms with Gasteiger partial charge in [-0.1, -0.05) is 30.3 Å². The second-order valence-electron chi connectivity index (χ2n) is 7.28. The summed E-state index contributed by atoms with van der Waals surface area (Å²) < 4.78 is 10.9. The van der Waals surface area contributed by atoms with E-state index < -0.39 is 12.0 Å². The van der Waals surface area contributed by atoms with Crippen LogP contribution in [0.25, 0.3) is 0 Å². The van der Waals surface area contributed by atoms with Crippen LogP contribution in [0.3, 0.4) is 0 Å². The molecule has 0 saturated carbocycles. The third-order valence-electron chi connectivity index (χ3n) is 5.46. The predicted molar refractivity (Wildman–Crippen MR) is 121 cm³/mol. The van der Waals surface area contributed by atoms with Crippen molar-refractivity contribution in [1.82, 2.24) is 10.2 Å². The van der Waals surface area contributed by atoms with Gasteiger partial charge < -0.3 is 24.8 Å². The summed E-state index contributed by atoms with van der Waals surface area (Å²) in [6.07, 6.45) is 2.91. The zero-order chi connectivity index (χ0) is 22.4. The topological polar surface area (TPSA) is 88.1 Å². The van der Waals surface area contributed by atoms with Crippen molar-refractivity contribution in [1.29, 1.82) is 0 Å². The highest BCUT2D eigenvalue weighted by Crippen LogP contribution is 2.41. The van der Waals surface area contributed by atoms with Crippen molar-refractivity contribution in [3.8, 4) is 11.5 Å². The van der Waals surface area contributed by atoms with Crippen LogP contribution in [0.1, 0.15) is 29.2 Å². The van der Waals surface area contributed by atoms with E-state index in [4.69, 9.17) is 9.47 Å². The number of ether oxygens (including phenoxy) is 2. The number of aliphatic carboxylic acids is 1. The Morgan fingerprint density at radius 2 is 1.87 bits per heavy atom. The van der Waals surface area contributed by atoms with Gasteiger partial charge in [0.25, 0.3) is 0 Å². The highest BCUT2D eigenvalue weighted by molar-refractivity contribution is 7.98. The molecule has 1 aliphatic heterocycles. The van der Waals surface area contributed by atoms with E-state index in [0.717, 1.165) is 16.7 Å². The zero-order valence-corrected chi connectivity index (χ0v) is 18.8. The van der Waals surface area contributed by atoms with Crippen LogP contribution in [0.15, 0.2) is 42.5 Å². The van der Waals surface area contributed by atoms with E-state index in [0.29, 0.717) is 36.6 Å². The average molecular weight is 445 g/mol. The summed E-state index contributed by atoms with van der Waals surface area (Å²) in [7, 11) is 3.18. The van der Waals surface area contributed by atoms with Crippen LogP contribution in [0.2, 0.25) is 0 Å². The Morgan fingerprint density at radius 1 is 1.19 bits per heavy atom. The molecule has 0 bridgehead atoms. The normalized spacial score (nSPS) is 16.2. The van der Waals surface area contributed by atoms with E-state index in [1.165, 1.54) is 0 Å². The van der Waals surface area contributed by atoms with Gasteiger partial charge in [0.05, 0.1) is 20.3 Å². The molecule has 0 spiro atoms. The molecule has 1 heterocycles. The van der Waals surface area contributed by atoms with Gasteiger partial charge >= 0.3 is 12.0 Å². The number of carbonyl (C=O) groups excluding carboxylic acids is 1. The van der Waals surface area contributed by atoms with Gasteiger partial charge in [-0.2, -0.15) is 11.8 Å². The summed E-state index contributed by atoms with van der Waals surface area (Å²) in [5.41, 5.74) is 2.97. The SMILES string of the molecule is COc1cc2c(cc1OC)C(c1ccccc1)N(C(=O)N[C@H](CCSC)C(=O)O)CC2. The van der Waals surface area contributed by atoms with Crippen molar-refractivity contribution in [2.75, 3.05) is 32.8 Å². The summed E-state index contributed by atoms with van der Waals surface area (Å²) in [6, 6.07) is 11.9. The Morgan fingerprint density at radius 3 is 2.48 bits per heavy atom. The minimum atomic E-state index is -1.03. The number of carboxylic acid groups (broad SMARTS) is 1. The summed E-state index contributed by atoms with van der Waals surface area (Å²) >= 11 is 1.55. The van der Waals surface area contributed by atoms with Gasteiger partial charge in [-0.3, -0.25) is 0 Å². The van der Waals surface area contributed by atoms with E-state index in [2.05, 4.69) is 5.32 Å². The second-order valence-corrected chi connectivity index (χ2v) is 8.27. The van der Waals surface area contributed by atoms with Gasteiger partial charge in [0.15, 0.2) is 11.5 Å². The number of rotatable bonds is 8. The van der Waals surface area contributed by atoms with Gasteiger partial charge in [0.1, 0.15) is 6.04 Å². The quantitative estimate of drug-likeness (QED) is 0.647. The third-order valence-corrected chi connectivity index (χ3v) is 6.10. The number of hydrogen-bond acceptors (Lipinski definition) is 5. The minimum Gasteiger partial charge on any atom is -0.493 e. The standard InChI is InChI=1S/C23H28N2O5S/c1-29-19-13-16-9-11-25(23(28)24-18(22(26)27)10-12-31-3)21(15-7-5-4-6-8-15)17(16)14-20(19)30-2/h4-8,13-14,18,21H,9-12H2,1-3H3,(H,24,28)(H,26,27)/t18-,21?/m1/s1. The molecule has 7 nitrogen and oxygen atoms in total. The molecule has 2 N–H and O–H groups in total. The Labute approximate surface area is 186 Å². The molecule has 0 saturated heterocycles. The number of nitrogens with one attached hydrogen (secondary N) is 1. The number of amides is 2. The summed E-state index contributed by atoms with van der Waals surface area (Å²) in [6.45, 7) is 0.461. The van der Waals surface area contributed by atoms with Crippen molar-refractivity contribution in [2.24, 2.45) is 0 Å². The molecule has 2 aromatic carbocycles. The fraction of sp³-hybridized carbons (Fsp3) is 0.391. The number of methoxy groups -OCH3 is 2. The van der Waals surface area contributed by atoms with Gasteiger partial charge in [-0.05, 0) is 53.7 Å². The molecular weight excluding hydrogens is 416 g/mol. The summed E-state index contributed by atoms with van der Waals surface area (Å²) in [4.78, 5) is 26.6. The van der Waals surface area contributed by atoms with E-state index in [1.54, 1.807) is 30.9 Å². The number of carboxylic acids is 1. The number of benzene rings is 2. The summed E-state index contributed by atoms with van der Waals surface area (Å²) in [5, 5.41) is 12.3. The lowest BCUT2D eigenvalue weighted by molar-refractivity contribution is -0.139. The van der Waals surface area contributed by atoms with Crippen LogP contribution in [-0.4, -0.2) is 60.8 Å². The van der Waals surface area contributed by atoms with Crippen LogP contribution in [0.5, 0.6) is 11.5 Å². The number of urea groups is 1. The fourth-order valence-corrected chi connectivity index (χ4v) is 4.36. The first kappa shape index (κ1) is 22.8. The Balaban J connectivity index is 1.99. The lowest BCUT2D eigenvalue weighted by atomic mass is 9.88. The highest BCUT2D eigenvalue weighted by Gasteiger charge is 2.34. The molecule has 2 amide bonds. The first-order valence-corrected chi connectivity index (χ1v) is 11.5. The molecular formula is C23H28N2O5S. The molecule has 2 atom stereocenters. The number of carbonyl (C=O) groups is 2. The van der Waals surface area contributed by atoms with Crippen LogP contribution >= 0.6 is 11.8 Å². The molecule has 1 unspecified atom stereocenters. The average Bonchev–Trinajstić information content (AvgIpc) is 2.80. The molecule has 3 rings (SSSR count).